The fourth-order valence-corrected chi connectivity index (χ4v) is 2.67. The average molecular weight is 355 g/mol. The maximum atomic E-state index is 12.0. The van der Waals surface area contributed by atoms with E-state index in [-0.39, 0.29) is 11.7 Å². The number of thioether (sulfide) groups is 1. The van der Waals surface area contributed by atoms with E-state index in [1.807, 2.05) is 42.5 Å². The highest BCUT2D eigenvalue weighted by atomic mass is 32.2. The lowest BCUT2D eigenvalue weighted by atomic mass is 10.2. The van der Waals surface area contributed by atoms with E-state index in [0.717, 1.165) is 11.3 Å². The Hall–Kier alpha value is -3.00. The van der Waals surface area contributed by atoms with Crippen LogP contribution >= 0.6 is 11.8 Å². The molecule has 3 rings (SSSR count). The molecule has 0 aliphatic carbocycles. The van der Waals surface area contributed by atoms with Gasteiger partial charge >= 0.3 is 0 Å². The first-order valence-electron chi connectivity index (χ1n) is 7.55. The fourth-order valence-electron chi connectivity index (χ4n) is 2.04. The second-order valence-electron chi connectivity index (χ2n) is 5.16. The number of rotatable bonds is 7. The Bertz CT molecular complexity index is 821. The quantitative estimate of drug-likeness (QED) is 0.499. The molecule has 0 radical (unpaired) electrons. The van der Waals surface area contributed by atoms with Gasteiger partial charge in [-0.25, -0.2) is 4.68 Å². The molecule has 1 heterocycles. The first kappa shape index (κ1) is 16.8. The standard InChI is InChI=1S/C17H17N5O2S/c18-22-12-19-21-17(22)25-11-16(23)20-14-6-8-15(9-7-14)24-10-13-4-2-1-3-5-13/h1-9,12H,10-11,18H2,(H,20,23). The van der Waals surface area contributed by atoms with Crippen molar-refractivity contribution in [1.29, 1.82) is 0 Å². The molecule has 1 aromatic heterocycles. The number of benzene rings is 2. The van der Waals surface area contributed by atoms with Gasteiger partial charge in [0.25, 0.3) is 0 Å². The monoisotopic (exact) mass is 355 g/mol. The number of nitrogens with two attached hydrogens (primary N) is 1. The largest absolute Gasteiger partial charge is 0.489 e. The number of hydrogen-bond acceptors (Lipinski definition) is 6. The van der Waals surface area contributed by atoms with Crippen molar-refractivity contribution in [2.24, 2.45) is 0 Å². The molecule has 0 atom stereocenters. The summed E-state index contributed by atoms with van der Waals surface area (Å²) in [7, 11) is 0. The Morgan fingerprint density at radius 3 is 2.60 bits per heavy atom. The van der Waals surface area contributed by atoms with Gasteiger partial charge in [0.05, 0.1) is 5.75 Å². The lowest BCUT2D eigenvalue weighted by Gasteiger charge is -2.08. The molecule has 0 saturated carbocycles. The first-order valence-corrected chi connectivity index (χ1v) is 8.54. The number of nitrogens with one attached hydrogen (secondary N) is 1. The summed E-state index contributed by atoms with van der Waals surface area (Å²) in [5, 5.41) is 10.8. The molecule has 0 fully saturated rings. The van der Waals surface area contributed by atoms with Crippen molar-refractivity contribution in [2.75, 3.05) is 16.9 Å². The minimum atomic E-state index is -0.147. The van der Waals surface area contributed by atoms with Gasteiger partial charge in [-0.1, -0.05) is 42.1 Å². The summed E-state index contributed by atoms with van der Waals surface area (Å²) in [6.07, 6.45) is 1.38. The van der Waals surface area contributed by atoms with Gasteiger partial charge in [0.15, 0.2) is 0 Å². The van der Waals surface area contributed by atoms with Gasteiger partial charge in [-0.2, -0.15) is 0 Å². The summed E-state index contributed by atoms with van der Waals surface area (Å²) in [6.45, 7) is 0.503. The number of nitrogen functional groups attached to an aromatic ring is 1. The average Bonchev–Trinajstić information content (AvgIpc) is 3.05. The molecule has 0 aliphatic rings. The second-order valence-corrected chi connectivity index (χ2v) is 6.10. The zero-order valence-corrected chi connectivity index (χ0v) is 14.1. The third-order valence-corrected chi connectivity index (χ3v) is 4.22. The summed E-state index contributed by atoms with van der Waals surface area (Å²) in [6, 6.07) is 17.2. The SMILES string of the molecule is Nn1cnnc1SCC(=O)Nc1ccc(OCc2ccccc2)cc1. The van der Waals surface area contributed by atoms with Crippen molar-refractivity contribution in [3.05, 3.63) is 66.5 Å². The van der Waals surface area contributed by atoms with Crippen LogP contribution in [0.15, 0.2) is 66.1 Å². The van der Waals surface area contributed by atoms with Gasteiger partial charge in [-0.05, 0) is 29.8 Å². The summed E-state index contributed by atoms with van der Waals surface area (Å²) in [4.78, 5) is 12.0. The molecule has 3 N–H and O–H groups in total. The van der Waals surface area contributed by atoms with Crippen LogP contribution in [-0.2, 0) is 11.4 Å². The molecule has 128 valence electrons. The van der Waals surface area contributed by atoms with Crippen molar-refractivity contribution >= 4 is 23.4 Å². The Morgan fingerprint density at radius 1 is 1.16 bits per heavy atom. The van der Waals surface area contributed by atoms with E-state index < -0.39 is 0 Å². The van der Waals surface area contributed by atoms with Crippen LogP contribution in [0.5, 0.6) is 5.75 Å². The van der Waals surface area contributed by atoms with Crippen molar-refractivity contribution < 1.29 is 9.53 Å². The van der Waals surface area contributed by atoms with Crippen LogP contribution in [-0.4, -0.2) is 26.5 Å². The zero-order valence-electron chi connectivity index (χ0n) is 13.3. The molecule has 0 saturated heterocycles. The van der Waals surface area contributed by atoms with E-state index in [1.165, 1.54) is 22.8 Å². The lowest BCUT2D eigenvalue weighted by molar-refractivity contribution is -0.113. The van der Waals surface area contributed by atoms with E-state index in [2.05, 4.69) is 15.5 Å². The van der Waals surface area contributed by atoms with E-state index in [0.29, 0.717) is 17.5 Å². The minimum Gasteiger partial charge on any atom is -0.489 e. The predicted octanol–water partition coefficient (Wildman–Crippen LogP) is 2.30. The number of anilines is 1. The number of amides is 1. The number of carbonyl (C=O) groups excluding carboxylic acids is 1. The number of aromatic nitrogens is 3. The molecular formula is C17H17N5O2S. The van der Waals surface area contributed by atoms with Crippen LogP contribution in [0, 0.1) is 0 Å². The summed E-state index contributed by atoms with van der Waals surface area (Å²) < 4.78 is 6.99. The van der Waals surface area contributed by atoms with Crippen LogP contribution in [0.1, 0.15) is 5.56 Å². The number of ether oxygens (including phenoxy) is 1. The molecule has 8 heteroatoms. The molecule has 0 unspecified atom stereocenters. The number of carbonyl (C=O) groups is 1. The highest BCUT2D eigenvalue weighted by Gasteiger charge is 2.08. The van der Waals surface area contributed by atoms with E-state index >= 15 is 0 Å². The molecule has 7 nitrogen and oxygen atoms in total. The first-order chi connectivity index (χ1) is 12.2. The molecule has 0 aliphatic heterocycles. The van der Waals surface area contributed by atoms with E-state index in [1.54, 1.807) is 12.1 Å². The lowest BCUT2D eigenvalue weighted by Crippen LogP contribution is -2.15. The normalized spacial score (nSPS) is 10.4. The fraction of sp³-hybridized carbons (Fsp3) is 0.118. The van der Waals surface area contributed by atoms with Crippen molar-refractivity contribution in [1.82, 2.24) is 14.9 Å². The third kappa shape index (κ3) is 4.98. The molecular weight excluding hydrogens is 338 g/mol. The second kappa shape index (κ2) is 8.20. The van der Waals surface area contributed by atoms with E-state index in [4.69, 9.17) is 10.6 Å². The summed E-state index contributed by atoms with van der Waals surface area (Å²) >= 11 is 1.22. The van der Waals surface area contributed by atoms with Crippen LogP contribution in [0.2, 0.25) is 0 Å². The van der Waals surface area contributed by atoms with Crippen LogP contribution in [0.3, 0.4) is 0 Å². The molecule has 0 spiro atoms. The van der Waals surface area contributed by atoms with Crippen molar-refractivity contribution in [2.45, 2.75) is 11.8 Å². The summed E-state index contributed by atoms with van der Waals surface area (Å²) in [5.74, 6) is 6.38. The third-order valence-electron chi connectivity index (χ3n) is 3.26. The summed E-state index contributed by atoms with van der Waals surface area (Å²) in [5.41, 5.74) is 1.80. The van der Waals surface area contributed by atoms with Gasteiger partial charge in [-0.3, -0.25) is 4.79 Å². The topological polar surface area (TPSA) is 95.1 Å². The van der Waals surface area contributed by atoms with Crippen molar-refractivity contribution in [3.63, 3.8) is 0 Å². The van der Waals surface area contributed by atoms with Crippen LogP contribution < -0.4 is 15.9 Å². The highest BCUT2D eigenvalue weighted by Crippen LogP contribution is 2.18. The molecule has 25 heavy (non-hydrogen) atoms. The van der Waals surface area contributed by atoms with Gasteiger partial charge in [0.1, 0.15) is 18.7 Å². The Kier molecular flexibility index (Phi) is 5.53. The Balaban J connectivity index is 1.47. The van der Waals surface area contributed by atoms with Gasteiger partial charge in [-0.15, -0.1) is 10.2 Å². The maximum absolute atomic E-state index is 12.0. The van der Waals surface area contributed by atoms with Gasteiger partial charge < -0.3 is 15.9 Å². The Labute approximate surface area is 149 Å². The van der Waals surface area contributed by atoms with Crippen LogP contribution in [0.4, 0.5) is 5.69 Å². The molecule has 3 aromatic rings. The zero-order chi connectivity index (χ0) is 17.5. The molecule has 0 bridgehead atoms. The van der Waals surface area contributed by atoms with Gasteiger partial charge in [0.2, 0.25) is 11.1 Å². The van der Waals surface area contributed by atoms with E-state index in [9.17, 15) is 4.79 Å². The number of hydrogen-bond donors (Lipinski definition) is 2. The molecule has 1 amide bonds. The highest BCUT2D eigenvalue weighted by molar-refractivity contribution is 7.99. The van der Waals surface area contributed by atoms with Crippen LogP contribution in [0.25, 0.3) is 0 Å². The van der Waals surface area contributed by atoms with Gasteiger partial charge in [0, 0.05) is 5.69 Å². The Morgan fingerprint density at radius 2 is 1.92 bits per heavy atom. The predicted molar refractivity (Wildman–Crippen MR) is 96.7 cm³/mol. The smallest absolute Gasteiger partial charge is 0.234 e. The maximum Gasteiger partial charge on any atom is 0.234 e. The minimum absolute atomic E-state index is 0.147. The number of nitrogens with zero attached hydrogens (tertiary/aromatic N) is 3. The molecule has 2 aromatic carbocycles. The van der Waals surface area contributed by atoms with Crippen molar-refractivity contribution in [3.8, 4) is 5.75 Å².